The molecule has 1 atom stereocenters. The average Bonchev–Trinajstić information content (AvgIpc) is 2.73. The van der Waals surface area contributed by atoms with Crippen molar-refractivity contribution in [1.29, 1.82) is 5.26 Å². The van der Waals surface area contributed by atoms with Gasteiger partial charge in [0.15, 0.2) is 5.16 Å². The van der Waals surface area contributed by atoms with E-state index in [1.54, 1.807) is 22.6 Å². The van der Waals surface area contributed by atoms with Gasteiger partial charge >= 0.3 is 0 Å². The summed E-state index contributed by atoms with van der Waals surface area (Å²) in [7, 11) is 1.73. The molecule has 1 aliphatic rings. The molecule has 1 fully saturated rings. The number of hydrogen-bond donors (Lipinski definition) is 0. The summed E-state index contributed by atoms with van der Waals surface area (Å²) in [6, 6.07) is 9.60. The summed E-state index contributed by atoms with van der Waals surface area (Å²) in [5.41, 5.74) is -0.189. The van der Waals surface area contributed by atoms with Gasteiger partial charge in [0.25, 0.3) is 5.56 Å². The van der Waals surface area contributed by atoms with Gasteiger partial charge < -0.3 is 4.90 Å². The summed E-state index contributed by atoms with van der Waals surface area (Å²) in [6.07, 6.45) is 4.47. The van der Waals surface area contributed by atoms with Crippen LogP contribution in [0.4, 0.5) is 0 Å². The molecule has 6 nitrogen and oxygen atoms in total. The molecule has 3 rings (SSSR count). The molecular weight excluding hydrogens is 384 g/mol. The quantitative estimate of drug-likeness (QED) is 0.545. The summed E-state index contributed by atoms with van der Waals surface area (Å²) in [5.74, 6) is -0.101. The largest absolute Gasteiger partial charge is 0.326 e. The number of rotatable bonds is 5. The molecular formula is C22H28N4O2S. The molecule has 1 aromatic carbocycles. The molecule has 1 amide bonds. The van der Waals surface area contributed by atoms with Gasteiger partial charge in [0.05, 0.1) is 22.2 Å². The topological polar surface area (TPSA) is 79.0 Å². The number of benzene rings is 1. The zero-order valence-electron chi connectivity index (χ0n) is 17.5. The van der Waals surface area contributed by atoms with Crippen LogP contribution in [0.3, 0.4) is 0 Å². The van der Waals surface area contributed by atoms with Crippen molar-refractivity contribution >= 4 is 28.6 Å². The number of para-hydroxylation sites is 1. The van der Waals surface area contributed by atoms with E-state index in [9.17, 15) is 14.9 Å². The standard InChI is InChI=1S/C22H28N4O2S/c1-15(2)26-20(28)17-10-6-7-11-18(17)24-21(26)29-16(3)19(27)25(4)22(14-23)12-8-5-9-13-22/h6-7,10-11,15-16H,5,8-9,12-13H2,1-4H3/t16-/m0/s1. The Kier molecular flexibility index (Phi) is 6.33. The Labute approximate surface area is 175 Å². The number of amides is 1. The second-order valence-electron chi connectivity index (χ2n) is 8.04. The third-order valence-electron chi connectivity index (χ3n) is 5.78. The summed E-state index contributed by atoms with van der Waals surface area (Å²) in [5, 5.41) is 10.5. The first-order valence-electron chi connectivity index (χ1n) is 10.2. The van der Waals surface area contributed by atoms with Gasteiger partial charge in [-0.2, -0.15) is 5.26 Å². The van der Waals surface area contributed by atoms with E-state index in [2.05, 4.69) is 11.1 Å². The van der Waals surface area contributed by atoms with Crippen molar-refractivity contribution in [2.45, 2.75) is 74.9 Å². The molecule has 0 bridgehead atoms. The first-order chi connectivity index (χ1) is 13.8. The van der Waals surface area contributed by atoms with E-state index in [0.717, 1.165) is 19.3 Å². The maximum Gasteiger partial charge on any atom is 0.262 e. The summed E-state index contributed by atoms with van der Waals surface area (Å²) < 4.78 is 1.65. The molecule has 0 radical (unpaired) electrons. The van der Waals surface area contributed by atoms with Gasteiger partial charge in [-0.1, -0.05) is 43.2 Å². The van der Waals surface area contributed by atoms with E-state index in [4.69, 9.17) is 0 Å². The minimum atomic E-state index is -0.724. The molecule has 0 saturated heterocycles. The van der Waals surface area contributed by atoms with Crippen molar-refractivity contribution in [3.63, 3.8) is 0 Å². The fourth-order valence-electron chi connectivity index (χ4n) is 4.02. The Hall–Kier alpha value is -2.33. The number of aromatic nitrogens is 2. The Morgan fingerprint density at radius 2 is 1.90 bits per heavy atom. The lowest BCUT2D eigenvalue weighted by Gasteiger charge is -2.40. The molecule has 1 saturated carbocycles. The minimum absolute atomic E-state index is 0.0778. The molecule has 0 unspecified atom stereocenters. The second kappa shape index (κ2) is 8.58. The van der Waals surface area contributed by atoms with E-state index < -0.39 is 10.8 Å². The molecule has 1 heterocycles. The third-order valence-corrected chi connectivity index (χ3v) is 6.84. The number of fused-ring (bicyclic) bond motifs is 1. The molecule has 154 valence electrons. The van der Waals surface area contributed by atoms with E-state index in [1.165, 1.54) is 11.8 Å². The second-order valence-corrected chi connectivity index (χ2v) is 9.35. The average molecular weight is 413 g/mol. The van der Waals surface area contributed by atoms with Crippen molar-refractivity contribution in [2.24, 2.45) is 0 Å². The molecule has 0 aliphatic heterocycles. The lowest BCUT2D eigenvalue weighted by Crippen LogP contribution is -2.52. The fraction of sp³-hybridized carbons (Fsp3) is 0.545. The van der Waals surface area contributed by atoms with Crippen molar-refractivity contribution in [2.75, 3.05) is 7.05 Å². The van der Waals surface area contributed by atoms with Gasteiger partial charge in [-0.05, 0) is 45.7 Å². The van der Waals surface area contributed by atoms with Gasteiger partial charge in [0, 0.05) is 13.1 Å². The van der Waals surface area contributed by atoms with Crippen LogP contribution in [0.1, 0.15) is 58.9 Å². The van der Waals surface area contributed by atoms with Crippen LogP contribution in [0.5, 0.6) is 0 Å². The third kappa shape index (κ3) is 4.04. The van der Waals surface area contributed by atoms with Crippen molar-refractivity contribution < 1.29 is 4.79 Å². The Morgan fingerprint density at radius 1 is 1.24 bits per heavy atom. The summed E-state index contributed by atoms with van der Waals surface area (Å²) >= 11 is 1.29. The first kappa shape index (κ1) is 21.4. The van der Waals surface area contributed by atoms with Crippen LogP contribution in [-0.2, 0) is 4.79 Å². The van der Waals surface area contributed by atoms with Gasteiger partial charge in [-0.25, -0.2) is 4.98 Å². The lowest BCUT2D eigenvalue weighted by atomic mass is 9.81. The number of carbonyl (C=O) groups excluding carboxylic acids is 1. The fourth-order valence-corrected chi connectivity index (χ4v) is 5.15. The maximum absolute atomic E-state index is 13.2. The summed E-state index contributed by atoms with van der Waals surface area (Å²) in [4.78, 5) is 32.5. The number of carbonyl (C=O) groups is 1. The molecule has 29 heavy (non-hydrogen) atoms. The molecule has 0 N–H and O–H groups in total. The van der Waals surface area contributed by atoms with E-state index in [0.29, 0.717) is 28.9 Å². The highest BCUT2D eigenvalue weighted by molar-refractivity contribution is 8.00. The molecule has 7 heteroatoms. The van der Waals surface area contributed by atoms with E-state index in [-0.39, 0.29) is 17.5 Å². The summed E-state index contributed by atoms with van der Waals surface area (Å²) in [6.45, 7) is 5.70. The zero-order valence-corrected chi connectivity index (χ0v) is 18.3. The predicted octanol–water partition coefficient (Wildman–Crippen LogP) is 4.14. The van der Waals surface area contributed by atoms with Crippen LogP contribution in [0.2, 0.25) is 0 Å². The monoisotopic (exact) mass is 412 g/mol. The maximum atomic E-state index is 13.2. The molecule has 1 aliphatic carbocycles. The molecule has 1 aromatic heterocycles. The highest BCUT2D eigenvalue weighted by Crippen LogP contribution is 2.34. The van der Waals surface area contributed by atoms with Crippen LogP contribution >= 0.6 is 11.8 Å². The first-order valence-corrected chi connectivity index (χ1v) is 11.1. The van der Waals surface area contributed by atoms with Gasteiger partial charge in [-0.3, -0.25) is 14.2 Å². The number of nitrogens with zero attached hydrogens (tertiary/aromatic N) is 4. The molecule has 2 aromatic rings. The highest BCUT2D eigenvalue weighted by Gasteiger charge is 2.40. The van der Waals surface area contributed by atoms with Gasteiger partial charge in [0.1, 0.15) is 5.54 Å². The predicted molar refractivity (Wildman–Crippen MR) is 116 cm³/mol. The van der Waals surface area contributed by atoms with E-state index in [1.807, 2.05) is 39.0 Å². The normalized spacial score (nSPS) is 17.1. The zero-order chi connectivity index (χ0) is 21.2. The Morgan fingerprint density at radius 3 is 2.52 bits per heavy atom. The Bertz CT molecular complexity index is 1000. The van der Waals surface area contributed by atoms with Gasteiger partial charge in [0.2, 0.25) is 5.91 Å². The van der Waals surface area contributed by atoms with Crippen molar-refractivity contribution in [1.82, 2.24) is 14.5 Å². The van der Waals surface area contributed by atoms with Crippen LogP contribution < -0.4 is 5.56 Å². The smallest absolute Gasteiger partial charge is 0.262 e. The molecule has 0 spiro atoms. The number of thioether (sulfide) groups is 1. The lowest BCUT2D eigenvalue weighted by molar-refractivity contribution is -0.133. The SMILES string of the molecule is CC(C)n1c(S[C@@H](C)C(=O)N(C)C2(C#N)CCCCC2)nc2ccccc2c1=O. The van der Waals surface area contributed by atoms with Crippen LogP contribution in [-0.4, -0.2) is 38.2 Å². The number of hydrogen-bond acceptors (Lipinski definition) is 5. The van der Waals surface area contributed by atoms with Crippen LogP contribution in [0.15, 0.2) is 34.2 Å². The minimum Gasteiger partial charge on any atom is -0.326 e. The van der Waals surface area contributed by atoms with Crippen LogP contribution in [0.25, 0.3) is 10.9 Å². The van der Waals surface area contributed by atoms with Crippen LogP contribution in [0, 0.1) is 11.3 Å². The van der Waals surface area contributed by atoms with Crippen molar-refractivity contribution in [3.05, 3.63) is 34.6 Å². The Balaban J connectivity index is 1.92. The van der Waals surface area contributed by atoms with Crippen molar-refractivity contribution in [3.8, 4) is 6.07 Å². The number of nitriles is 1. The highest BCUT2D eigenvalue weighted by atomic mass is 32.2. The van der Waals surface area contributed by atoms with Gasteiger partial charge in [-0.15, -0.1) is 0 Å². The van der Waals surface area contributed by atoms with E-state index >= 15 is 0 Å².